The van der Waals surface area contributed by atoms with Gasteiger partial charge in [0.05, 0.1) is 0 Å². The summed E-state index contributed by atoms with van der Waals surface area (Å²) < 4.78 is 0. The zero-order chi connectivity index (χ0) is 13.9. The average molecular weight is 279 g/mol. The van der Waals surface area contributed by atoms with Crippen LogP contribution in [0.15, 0.2) is 24.3 Å². The molecule has 1 aromatic carbocycles. The van der Waals surface area contributed by atoms with Crippen LogP contribution in [0, 0.1) is 11.3 Å². The molecule has 2 rings (SSSR count). The van der Waals surface area contributed by atoms with Gasteiger partial charge in [-0.15, -0.1) is 0 Å². The van der Waals surface area contributed by atoms with Gasteiger partial charge in [0.15, 0.2) is 0 Å². The SMILES string of the molecule is CC(C)CC1(C(=O)Cc2cccc(Cl)c2)CCCC1. The lowest BCUT2D eigenvalue weighted by atomic mass is 9.73. The first kappa shape index (κ1) is 14.6. The van der Waals surface area contributed by atoms with Crippen molar-refractivity contribution in [1.29, 1.82) is 0 Å². The highest BCUT2D eigenvalue weighted by atomic mass is 35.5. The second kappa shape index (κ2) is 6.09. The maximum absolute atomic E-state index is 12.7. The van der Waals surface area contributed by atoms with E-state index in [-0.39, 0.29) is 5.41 Å². The van der Waals surface area contributed by atoms with Crippen LogP contribution in [-0.4, -0.2) is 5.78 Å². The summed E-state index contributed by atoms with van der Waals surface area (Å²) in [5, 5.41) is 0.717. The van der Waals surface area contributed by atoms with Crippen LogP contribution >= 0.6 is 11.6 Å². The van der Waals surface area contributed by atoms with E-state index in [1.807, 2.05) is 24.3 Å². The van der Waals surface area contributed by atoms with Crippen LogP contribution < -0.4 is 0 Å². The van der Waals surface area contributed by atoms with Crippen LogP contribution in [0.5, 0.6) is 0 Å². The molecule has 0 N–H and O–H groups in total. The van der Waals surface area contributed by atoms with Gasteiger partial charge in [0, 0.05) is 16.9 Å². The van der Waals surface area contributed by atoms with E-state index >= 15 is 0 Å². The minimum atomic E-state index is -0.0590. The van der Waals surface area contributed by atoms with Crippen molar-refractivity contribution in [2.24, 2.45) is 11.3 Å². The number of hydrogen-bond donors (Lipinski definition) is 0. The van der Waals surface area contributed by atoms with Crippen molar-refractivity contribution in [3.63, 3.8) is 0 Å². The highest BCUT2D eigenvalue weighted by Crippen LogP contribution is 2.44. The van der Waals surface area contributed by atoms with Gasteiger partial charge in [-0.3, -0.25) is 4.79 Å². The number of Topliss-reactive ketones (excluding diaryl/α,β-unsaturated/α-hetero) is 1. The predicted octanol–water partition coefficient (Wildman–Crippen LogP) is 5.06. The third kappa shape index (κ3) is 3.60. The summed E-state index contributed by atoms with van der Waals surface area (Å²) >= 11 is 6.00. The van der Waals surface area contributed by atoms with Crippen LogP contribution in [-0.2, 0) is 11.2 Å². The van der Waals surface area contributed by atoms with E-state index in [1.54, 1.807) is 0 Å². The van der Waals surface area contributed by atoms with Gasteiger partial charge in [-0.1, -0.05) is 50.4 Å². The average Bonchev–Trinajstić information content (AvgIpc) is 2.78. The van der Waals surface area contributed by atoms with Crippen molar-refractivity contribution in [2.75, 3.05) is 0 Å². The molecule has 0 unspecified atom stereocenters. The number of carbonyl (C=O) groups is 1. The van der Waals surface area contributed by atoms with E-state index in [4.69, 9.17) is 11.6 Å². The Kier molecular flexibility index (Phi) is 4.67. The molecule has 0 aromatic heterocycles. The number of rotatable bonds is 5. The molecule has 19 heavy (non-hydrogen) atoms. The minimum absolute atomic E-state index is 0.0590. The summed E-state index contributed by atoms with van der Waals surface area (Å²) in [5.41, 5.74) is 0.990. The highest BCUT2D eigenvalue weighted by molar-refractivity contribution is 6.30. The fourth-order valence-electron chi connectivity index (χ4n) is 3.45. The lowest BCUT2D eigenvalue weighted by Gasteiger charge is -2.29. The molecule has 0 aliphatic heterocycles. The third-order valence-corrected chi connectivity index (χ3v) is 4.44. The van der Waals surface area contributed by atoms with Crippen molar-refractivity contribution >= 4 is 17.4 Å². The van der Waals surface area contributed by atoms with Crippen molar-refractivity contribution in [3.05, 3.63) is 34.9 Å². The molecule has 2 heteroatoms. The molecule has 0 atom stereocenters. The Morgan fingerprint density at radius 1 is 1.32 bits per heavy atom. The number of halogens is 1. The Bertz CT molecular complexity index is 444. The van der Waals surface area contributed by atoms with Crippen molar-refractivity contribution in [2.45, 2.75) is 52.4 Å². The molecule has 0 spiro atoms. The topological polar surface area (TPSA) is 17.1 Å². The molecule has 1 aromatic rings. The Labute approximate surface area is 121 Å². The quantitative estimate of drug-likeness (QED) is 0.736. The van der Waals surface area contributed by atoms with Gasteiger partial charge in [0.25, 0.3) is 0 Å². The number of benzene rings is 1. The molecule has 0 radical (unpaired) electrons. The highest BCUT2D eigenvalue weighted by Gasteiger charge is 2.40. The first-order chi connectivity index (χ1) is 9.02. The molecular weight excluding hydrogens is 256 g/mol. The van der Waals surface area contributed by atoms with Crippen molar-refractivity contribution in [1.82, 2.24) is 0 Å². The van der Waals surface area contributed by atoms with E-state index < -0.39 is 0 Å². The Morgan fingerprint density at radius 2 is 2.00 bits per heavy atom. The van der Waals surface area contributed by atoms with E-state index in [2.05, 4.69) is 13.8 Å². The van der Waals surface area contributed by atoms with E-state index in [1.165, 1.54) is 12.8 Å². The molecule has 0 saturated heterocycles. The van der Waals surface area contributed by atoms with E-state index in [0.717, 1.165) is 29.8 Å². The Hall–Kier alpha value is -0.820. The molecule has 1 aliphatic rings. The number of ketones is 1. The Morgan fingerprint density at radius 3 is 2.58 bits per heavy atom. The summed E-state index contributed by atoms with van der Waals surface area (Å²) in [6, 6.07) is 7.70. The van der Waals surface area contributed by atoms with Gasteiger partial charge in [0.2, 0.25) is 0 Å². The summed E-state index contributed by atoms with van der Waals surface area (Å²) in [6.07, 6.45) is 6.12. The van der Waals surface area contributed by atoms with Gasteiger partial charge in [-0.05, 0) is 42.9 Å². The van der Waals surface area contributed by atoms with Gasteiger partial charge in [-0.2, -0.15) is 0 Å². The first-order valence-electron chi connectivity index (χ1n) is 7.30. The van der Waals surface area contributed by atoms with Crippen LogP contribution in [0.4, 0.5) is 0 Å². The maximum atomic E-state index is 12.7. The molecule has 0 bridgehead atoms. The second-order valence-corrected chi connectivity index (χ2v) is 6.75. The lowest BCUT2D eigenvalue weighted by Crippen LogP contribution is -2.31. The molecular formula is C17H23ClO. The molecule has 0 heterocycles. The standard InChI is InChI=1S/C17H23ClO/c1-13(2)12-17(8-3-4-9-17)16(19)11-14-6-5-7-15(18)10-14/h5-7,10,13H,3-4,8-9,11-12H2,1-2H3. The molecule has 104 valence electrons. The predicted molar refractivity (Wildman–Crippen MR) is 80.5 cm³/mol. The molecule has 1 nitrogen and oxygen atoms in total. The lowest BCUT2D eigenvalue weighted by molar-refractivity contribution is -0.128. The Balaban J connectivity index is 2.12. The fourth-order valence-corrected chi connectivity index (χ4v) is 3.66. The third-order valence-electron chi connectivity index (χ3n) is 4.20. The van der Waals surface area contributed by atoms with Gasteiger partial charge < -0.3 is 0 Å². The fraction of sp³-hybridized carbons (Fsp3) is 0.588. The largest absolute Gasteiger partial charge is 0.299 e. The monoisotopic (exact) mass is 278 g/mol. The van der Waals surface area contributed by atoms with Crippen LogP contribution in [0.2, 0.25) is 5.02 Å². The molecule has 1 fully saturated rings. The van der Waals surface area contributed by atoms with Crippen molar-refractivity contribution < 1.29 is 4.79 Å². The van der Waals surface area contributed by atoms with E-state index in [0.29, 0.717) is 18.1 Å². The van der Waals surface area contributed by atoms with Crippen LogP contribution in [0.3, 0.4) is 0 Å². The summed E-state index contributed by atoms with van der Waals surface area (Å²) in [5.74, 6) is 1.00. The molecule has 1 saturated carbocycles. The smallest absolute Gasteiger partial charge is 0.143 e. The summed E-state index contributed by atoms with van der Waals surface area (Å²) in [7, 11) is 0. The van der Waals surface area contributed by atoms with Crippen molar-refractivity contribution in [3.8, 4) is 0 Å². The van der Waals surface area contributed by atoms with Gasteiger partial charge in [-0.25, -0.2) is 0 Å². The normalized spacial score (nSPS) is 17.9. The van der Waals surface area contributed by atoms with Crippen LogP contribution in [0.1, 0.15) is 51.5 Å². The van der Waals surface area contributed by atoms with Gasteiger partial charge in [0.1, 0.15) is 5.78 Å². The molecule has 1 aliphatic carbocycles. The molecule has 0 amide bonds. The zero-order valence-electron chi connectivity index (χ0n) is 11.9. The van der Waals surface area contributed by atoms with Gasteiger partial charge >= 0.3 is 0 Å². The number of hydrogen-bond acceptors (Lipinski definition) is 1. The number of carbonyl (C=O) groups excluding carboxylic acids is 1. The zero-order valence-corrected chi connectivity index (χ0v) is 12.7. The first-order valence-corrected chi connectivity index (χ1v) is 7.67. The maximum Gasteiger partial charge on any atom is 0.143 e. The van der Waals surface area contributed by atoms with Crippen LogP contribution in [0.25, 0.3) is 0 Å². The summed E-state index contributed by atoms with van der Waals surface area (Å²) in [6.45, 7) is 4.43. The second-order valence-electron chi connectivity index (χ2n) is 6.32. The minimum Gasteiger partial charge on any atom is -0.299 e. The van der Waals surface area contributed by atoms with E-state index in [9.17, 15) is 4.79 Å². The summed E-state index contributed by atoms with van der Waals surface area (Å²) in [4.78, 5) is 12.7.